The van der Waals surface area contributed by atoms with E-state index in [0.717, 1.165) is 0 Å². The van der Waals surface area contributed by atoms with Crippen LogP contribution in [0.1, 0.15) is 31.7 Å². The average Bonchev–Trinajstić information content (AvgIpc) is 3.06. The maximum atomic E-state index is 12.2. The van der Waals surface area contributed by atoms with Crippen molar-refractivity contribution in [3.05, 3.63) is 50.5 Å². The molecular weight excluding hydrogens is 442 g/mol. The number of β-lactam (4-membered cyclic amide) rings is 1. The molecule has 0 saturated carbocycles. The lowest BCUT2D eigenvalue weighted by molar-refractivity contribution is -0.384. The van der Waals surface area contributed by atoms with Crippen LogP contribution in [0.3, 0.4) is 0 Å². The van der Waals surface area contributed by atoms with E-state index in [1.54, 1.807) is 0 Å². The minimum Gasteiger partial charge on any atom is -0.477 e. The molecule has 0 unspecified atom stereocenters. The highest BCUT2D eigenvalue weighted by atomic mass is 32.2. The quantitative estimate of drug-likeness (QED) is 0.204. The first-order valence-corrected chi connectivity index (χ1v) is 10.9. The Hall–Kier alpha value is -3.12. The van der Waals surface area contributed by atoms with Crippen LogP contribution < -0.4 is 5.32 Å². The fraction of sp³-hybridized carbons (Fsp3) is 0.450. The van der Waals surface area contributed by atoms with Crippen LogP contribution in [0.4, 0.5) is 10.5 Å². The van der Waals surface area contributed by atoms with Crippen LogP contribution >= 0.6 is 11.8 Å². The summed E-state index contributed by atoms with van der Waals surface area (Å²) in [6.07, 6.45) is 0.140. The Balaban J connectivity index is 1.39. The number of carbonyl (C=O) groups excluding carboxylic acids is 2. The first-order valence-electron chi connectivity index (χ1n) is 9.99. The molecule has 0 bridgehead atoms. The topological polar surface area (TPSA) is 159 Å². The number of aliphatic hydroxyl groups excluding tert-OH is 1. The molecule has 0 spiro atoms. The van der Waals surface area contributed by atoms with E-state index < -0.39 is 29.0 Å². The number of ether oxygens (including phenoxy) is 1. The Labute approximate surface area is 187 Å². The Morgan fingerprint density at radius 1 is 1.31 bits per heavy atom. The highest BCUT2D eigenvalue weighted by Gasteiger charge is 2.57. The maximum absolute atomic E-state index is 12.2. The van der Waals surface area contributed by atoms with E-state index in [1.807, 2.05) is 0 Å². The molecule has 172 valence electrons. The minimum atomic E-state index is -1.17. The van der Waals surface area contributed by atoms with Crippen molar-refractivity contribution in [3.63, 3.8) is 0 Å². The third-order valence-corrected chi connectivity index (χ3v) is 6.62. The lowest BCUT2D eigenvalue weighted by Gasteiger charge is -2.43. The van der Waals surface area contributed by atoms with Gasteiger partial charge in [0.2, 0.25) is 5.91 Å². The second kappa shape index (κ2) is 10.0. The molecule has 3 atom stereocenters. The summed E-state index contributed by atoms with van der Waals surface area (Å²) < 4.78 is 5.06. The van der Waals surface area contributed by atoms with Crippen molar-refractivity contribution < 1.29 is 34.3 Å². The molecule has 3 N–H and O–H groups in total. The smallest absolute Gasteiger partial charge is 0.407 e. The van der Waals surface area contributed by atoms with Gasteiger partial charge < -0.3 is 20.3 Å². The molecule has 2 aliphatic heterocycles. The first kappa shape index (κ1) is 23.5. The number of rotatable bonds is 10. The van der Waals surface area contributed by atoms with Crippen LogP contribution in [-0.4, -0.2) is 56.0 Å². The normalized spacial score (nSPS) is 20.4. The van der Waals surface area contributed by atoms with Crippen LogP contribution in [0.2, 0.25) is 0 Å². The monoisotopic (exact) mass is 465 g/mol. The average molecular weight is 465 g/mol. The van der Waals surface area contributed by atoms with Crippen molar-refractivity contribution in [1.82, 2.24) is 10.2 Å². The van der Waals surface area contributed by atoms with E-state index in [1.165, 1.54) is 47.9 Å². The molecule has 0 aromatic heterocycles. The van der Waals surface area contributed by atoms with Gasteiger partial charge in [0.15, 0.2) is 0 Å². The number of carboxylic acid groups (broad SMARTS) is 1. The number of nitro groups is 1. The zero-order valence-electron chi connectivity index (χ0n) is 17.2. The van der Waals surface area contributed by atoms with Crippen molar-refractivity contribution in [3.8, 4) is 0 Å². The molecule has 32 heavy (non-hydrogen) atoms. The zero-order chi connectivity index (χ0) is 23.4. The third kappa shape index (κ3) is 5.02. The van der Waals surface area contributed by atoms with E-state index in [9.17, 15) is 34.7 Å². The summed E-state index contributed by atoms with van der Waals surface area (Å²) in [7, 11) is 0. The Morgan fingerprint density at radius 3 is 2.59 bits per heavy atom. The molecule has 0 aliphatic carbocycles. The predicted molar refractivity (Wildman–Crippen MR) is 113 cm³/mol. The number of thioether (sulfide) groups is 1. The number of unbranched alkanes of at least 4 members (excludes halogenated alkanes) is 1. The van der Waals surface area contributed by atoms with E-state index in [-0.39, 0.29) is 29.3 Å². The van der Waals surface area contributed by atoms with Crippen LogP contribution in [0.25, 0.3) is 0 Å². The van der Waals surface area contributed by atoms with E-state index in [4.69, 9.17) is 4.74 Å². The minimum absolute atomic E-state index is 0.0163. The van der Waals surface area contributed by atoms with Crippen LogP contribution in [0.5, 0.6) is 0 Å². The highest BCUT2D eigenvalue weighted by Crippen LogP contribution is 2.51. The summed E-state index contributed by atoms with van der Waals surface area (Å²) in [5.41, 5.74) is 0.555. The van der Waals surface area contributed by atoms with Crippen LogP contribution in [-0.2, 0) is 20.9 Å². The van der Waals surface area contributed by atoms with Crippen LogP contribution in [0.15, 0.2) is 34.9 Å². The number of allylic oxidation sites excluding steroid dienone is 1. The standard InChI is InChI=1S/C20H23N3O8S/c1-11(24)15-17(25)22-16(19(26)27)14(32-18(15)22)4-2-3-9-21-20(28)31-10-12-5-7-13(8-6-12)23(29)30/h5-8,11,15,18,24H,2-4,9-10H2,1H3,(H,21,28)(H,26,27)/t11-,15-,18-/m1/s1. The number of hydrogen-bond donors (Lipinski definition) is 3. The molecule has 11 nitrogen and oxygen atoms in total. The molecule has 0 radical (unpaired) electrons. The SMILES string of the molecule is C[C@@H](O)[C@@H]1C(=O)N2C(C(=O)O)=C(CCCCNC(=O)OCc3ccc([N+](=O)[O-])cc3)S[C@H]12. The van der Waals surface area contributed by atoms with E-state index in [2.05, 4.69) is 5.32 Å². The zero-order valence-corrected chi connectivity index (χ0v) is 18.0. The number of carboxylic acids is 1. The Kier molecular flexibility index (Phi) is 7.36. The van der Waals surface area contributed by atoms with Crippen molar-refractivity contribution >= 4 is 35.4 Å². The number of non-ortho nitro benzene ring substituents is 1. The van der Waals surface area contributed by atoms with Gasteiger partial charge in [-0.05, 0) is 43.9 Å². The molecule has 2 heterocycles. The summed E-state index contributed by atoms with van der Waals surface area (Å²) >= 11 is 1.30. The summed E-state index contributed by atoms with van der Waals surface area (Å²) in [4.78, 5) is 47.5. The lowest BCUT2D eigenvalue weighted by Crippen LogP contribution is -2.60. The molecule has 1 aromatic carbocycles. The Bertz CT molecular complexity index is 947. The van der Waals surface area contributed by atoms with Crippen molar-refractivity contribution in [1.29, 1.82) is 0 Å². The molecule has 1 fully saturated rings. The van der Waals surface area contributed by atoms with Gasteiger partial charge in [-0.2, -0.15) is 0 Å². The number of alkyl carbamates (subject to hydrolysis) is 1. The number of aliphatic hydroxyl groups is 1. The van der Waals surface area contributed by atoms with Crippen molar-refractivity contribution in [2.45, 2.75) is 44.3 Å². The molecule has 1 aromatic rings. The highest BCUT2D eigenvalue weighted by molar-refractivity contribution is 8.04. The lowest BCUT2D eigenvalue weighted by atomic mass is 9.92. The van der Waals surface area contributed by atoms with Gasteiger partial charge in [-0.25, -0.2) is 9.59 Å². The number of nitrogens with one attached hydrogen (secondary N) is 1. The summed E-state index contributed by atoms with van der Waals surface area (Å²) in [5, 5.41) is 32.1. The largest absolute Gasteiger partial charge is 0.477 e. The van der Waals surface area contributed by atoms with Crippen molar-refractivity contribution in [2.75, 3.05) is 6.54 Å². The molecule has 3 rings (SSSR count). The first-order chi connectivity index (χ1) is 15.2. The number of amides is 2. The van der Waals surface area contributed by atoms with Gasteiger partial charge >= 0.3 is 12.1 Å². The van der Waals surface area contributed by atoms with Gasteiger partial charge in [-0.15, -0.1) is 11.8 Å². The molecule has 12 heteroatoms. The number of hydrogen-bond acceptors (Lipinski definition) is 8. The molecule has 1 saturated heterocycles. The second-order valence-corrected chi connectivity index (χ2v) is 8.66. The number of nitrogens with zero attached hydrogens (tertiary/aromatic N) is 2. The molecule has 2 aliphatic rings. The summed E-state index contributed by atoms with van der Waals surface area (Å²) in [6.45, 7) is 1.82. The number of nitro benzene ring substituents is 1. The fourth-order valence-corrected chi connectivity index (χ4v) is 5.20. The molecule has 2 amide bonds. The third-order valence-electron chi connectivity index (χ3n) is 5.19. The van der Waals surface area contributed by atoms with Crippen molar-refractivity contribution in [2.24, 2.45) is 5.92 Å². The van der Waals surface area contributed by atoms with Gasteiger partial charge in [-0.1, -0.05) is 0 Å². The number of benzene rings is 1. The predicted octanol–water partition coefficient (Wildman–Crippen LogP) is 2.20. The number of carbonyl (C=O) groups is 3. The maximum Gasteiger partial charge on any atom is 0.407 e. The summed E-state index contributed by atoms with van der Waals surface area (Å²) in [5.74, 6) is -2.14. The Morgan fingerprint density at radius 2 is 2.00 bits per heavy atom. The molecular formula is C20H23N3O8S. The second-order valence-electron chi connectivity index (χ2n) is 7.44. The van der Waals surface area contributed by atoms with Gasteiger partial charge in [-0.3, -0.25) is 19.8 Å². The van der Waals surface area contributed by atoms with Crippen LogP contribution in [0, 0.1) is 16.0 Å². The van der Waals surface area contributed by atoms with Gasteiger partial charge in [0, 0.05) is 23.6 Å². The number of aliphatic carboxylic acids is 1. The van der Waals surface area contributed by atoms with E-state index >= 15 is 0 Å². The summed E-state index contributed by atoms with van der Waals surface area (Å²) in [6, 6.07) is 5.68. The van der Waals surface area contributed by atoms with Gasteiger partial charge in [0.1, 0.15) is 17.7 Å². The number of fused-ring (bicyclic) bond motifs is 1. The fourth-order valence-electron chi connectivity index (χ4n) is 3.54. The van der Waals surface area contributed by atoms with Gasteiger partial charge in [0.05, 0.1) is 16.9 Å². The van der Waals surface area contributed by atoms with E-state index in [0.29, 0.717) is 36.3 Å². The van der Waals surface area contributed by atoms with Gasteiger partial charge in [0.25, 0.3) is 5.69 Å².